The number of carboxylic acid groups (broad SMARTS) is 1. The fraction of sp³-hybridized carbons (Fsp3) is 0.231. The number of nitriles is 1. The van der Waals surface area contributed by atoms with E-state index in [9.17, 15) is 9.18 Å². The minimum absolute atomic E-state index is 0.112. The lowest BCUT2D eigenvalue weighted by Crippen LogP contribution is -2.25. The van der Waals surface area contributed by atoms with Crippen molar-refractivity contribution in [2.24, 2.45) is 0 Å². The van der Waals surface area contributed by atoms with Crippen LogP contribution in [0.25, 0.3) is 10.9 Å². The SMILES string of the molecule is Cc1ccc(F)c2c1cc(C#N)n2CCNC(=O)O. The molecule has 2 aromatic rings. The Morgan fingerprint density at radius 1 is 1.58 bits per heavy atom. The number of halogens is 1. The Balaban J connectivity index is 2.49. The Bertz CT molecular complexity index is 685. The molecular formula is C13H12FN3O2. The number of carbonyl (C=O) groups is 1. The van der Waals surface area contributed by atoms with Gasteiger partial charge < -0.3 is 15.0 Å². The number of amides is 1. The van der Waals surface area contributed by atoms with Gasteiger partial charge in [0.1, 0.15) is 17.6 Å². The number of nitrogens with zero attached hydrogens (tertiary/aromatic N) is 2. The number of aromatic nitrogens is 1. The number of fused-ring (bicyclic) bond motifs is 1. The molecule has 0 unspecified atom stereocenters. The third-order valence-electron chi connectivity index (χ3n) is 2.95. The second-order valence-corrected chi connectivity index (χ2v) is 4.15. The van der Waals surface area contributed by atoms with E-state index in [2.05, 4.69) is 5.32 Å². The van der Waals surface area contributed by atoms with E-state index < -0.39 is 11.9 Å². The average Bonchev–Trinajstić information content (AvgIpc) is 2.74. The lowest BCUT2D eigenvalue weighted by Gasteiger charge is -2.08. The summed E-state index contributed by atoms with van der Waals surface area (Å²) < 4.78 is 15.4. The van der Waals surface area contributed by atoms with Crippen LogP contribution in [0.5, 0.6) is 0 Å². The summed E-state index contributed by atoms with van der Waals surface area (Å²) >= 11 is 0. The maximum atomic E-state index is 13.9. The predicted octanol–water partition coefficient (Wildman–Crippen LogP) is 2.23. The molecule has 0 spiro atoms. The zero-order valence-electron chi connectivity index (χ0n) is 10.3. The maximum Gasteiger partial charge on any atom is 0.404 e. The van der Waals surface area contributed by atoms with Crippen LogP contribution in [0.3, 0.4) is 0 Å². The minimum atomic E-state index is -1.15. The van der Waals surface area contributed by atoms with E-state index in [0.717, 1.165) is 5.56 Å². The molecule has 1 amide bonds. The van der Waals surface area contributed by atoms with Crippen LogP contribution in [0, 0.1) is 24.1 Å². The summed E-state index contributed by atoms with van der Waals surface area (Å²) in [7, 11) is 0. The maximum absolute atomic E-state index is 13.9. The molecule has 2 N–H and O–H groups in total. The van der Waals surface area contributed by atoms with Crippen LogP contribution in [-0.2, 0) is 6.54 Å². The first-order valence-corrected chi connectivity index (χ1v) is 5.70. The topological polar surface area (TPSA) is 78.0 Å². The molecule has 98 valence electrons. The largest absolute Gasteiger partial charge is 0.465 e. The highest BCUT2D eigenvalue weighted by molar-refractivity contribution is 5.86. The van der Waals surface area contributed by atoms with Gasteiger partial charge >= 0.3 is 6.09 Å². The molecule has 2 rings (SSSR count). The summed E-state index contributed by atoms with van der Waals surface area (Å²) in [5, 5.41) is 20.5. The van der Waals surface area contributed by atoms with Gasteiger partial charge in [-0.05, 0) is 24.6 Å². The van der Waals surface area contributed by atoms with Crippen molar-refractivity contribution in [3.8, 4) is 6.07 Å². The quantitative estimate of drug-likeness (QED) is 0.889. The molecule has 0 saturated carbocycles. The van der Waals surface area contributed by atoms with E-state index in [-0.39, 0.29) is 13.1 Å². The van der Waals surface area contributed by atoms with Gasteiger partial charge in [0.2, 0.25) is 0 Å². The number of hydrogen-bond donors (Lipinski definition) is 2. The molecule has 19 heavy (non-hydrogen) atoms. The van der Waals surface area contributed by atoms with Gasteiger partial charge in [-0.2, -0.15) is 5.26 Å². The van der Waals surface area contributed by atoms with E-state index in [1.807, 2.05) is 13.0 Å². The zero-order chi connectivity index (χ0) is 14.0. The summed E-state index contributed by atoms with van der Waals surface area (Å²) in [5.41, 5.74) is 1.52. The van der Waals surface area contributed by atoms with Gasteiger partial charge in [-0.3, -0.25) is 0 Å². The minimum Gasteiger partial charge on any atom is -0.465 e. The number of benzene rings is 1. The third kappa shape index (κ3) is 2.36. The van der Waals surface area contributed by atoms with Crippen LogP contribution >= 0.6 is 0 Å². The molecule has 0 fully saturated rings. The molecule has 0 atom stereocenters. The molecule has 6 heteroatoms. The summed E-state index contributed by atoms with van der Waals surface area (Å²) in [6, 6.07) is 6.62. The first kappa shape index (κ1) is 12.9. The number of hydrogen-bond acceptors (Lipinski definition) is 2. The van der Waals surface area contributed by atoms with Crippen LogP contribution < -0.4 is 5.32 Å². The van der Waals surface area contributed by atoms with Gasteiger partial charge in [-0.1, -0.05) is 6.07 Å². The molecule has 1 aromatic carbocycles. The van der Waals surface area contributed by atoms with Gasteiger partial charge in [0.25, 0.3) is 0 Å². The monoisotopic (exact) mass is 261 g/mol. The van der Waals surface area contributed by atoms with Crippen molar-refractivity contribution in [2.75, 3.05) is 6.54 Å². The summed E-state index contributed by atoms with van der Waals surface area (Å²) in [4.78, 5) is 10.4. The smallest absolute Gasteiger partial charge is 0.404 e. The summed E-state index contributed by atoms with van der Waals surface area (Å²) in [6.45, 7) is 2.16. The van der Waals surface area contributed by atoms with E-state index >= 15 is 0 Å². The van der Waals surface area contributed by atoms with Crippen LogP contribution in [0.15, 0.2) is 18.2 Å². The normalized spacial score (nSPS) is 10.4. The van der Waals surface area contributed by atoms with Gasteiger partial charge in [-0.15, -0.1) is 0 Å². The zero-order valence-corrected chi connectivity index (χ0v) is 10.3. The van der Waals surface area contributed by atoms with Crippen molar-refractivity contribution >= 4 is 17.0 Å². The summed E-state index contributed by atoms with van der Waals surface area (Å²) in [5.74, 6) is -0.419. The number of aryl methyl sites for hydroxylation is 1. The molecule has 0 aliphatic heterocycles. The van der Waals surface area contributed by atoms with Crippen molar-refractivity contribution in [1.82, 2.24) is 9.88 Å². The van der Waals surface area contributed by atoms with E-state index in [0.29, 0.717) is 16.6 Å². The lowest BCUT2D eigenvalue weighted by atomic mass is 10.1. The van der Waals surface area contributed by atoms with Crippen molar-refractivity contribution in [3.05, 3.63) is 35.3 Å². The average molecular weight is 261 g/mol. The van der Waals surface area contributed by atoms with Gasteiger partial charge in [0, 0.05) is 18.5 Å². The molecule has 0 radical (unpaired) electrons. The predicted molar refractivity (Wildman–Crippen MR) is 67.4 cm³/mol. The van der Waals surface area contributed by atoms with Crippen molar-refractivity contribution in [1.29, 1.82) is 5.26 Å². The molecule has 0 saturated heterocycles. The van der Waals surface area contributed by atoms with E-state index in [4.69, 9.17) is 10.4 Å². The standard InChI is InChI=1S/C13H12FN3O2/c1-8-2-3-11(14)12-10(8)6-9(7-15)17(12)5-4-16-13(18)19/h2-3,6,16H,4-5H2,1H3,(H,18,19). The number of nitrogens with one attached hydrogen (secondary N) is 1. The Hall–Kier alpha value is -2.55. The van der Waals surface area contributed by atoms with E-state index in [1.54, 1.807) is 12.1 Å². The molecule has 5 nitrogen and oxygen atoms in total. The lowest BCUT2D eigenvalue weighted by molar-refractivity contribution is 0.194. The molecule has 1 heterocycles. The van der Waals surface area contributed by atoms with Gasteiger partial charge in [-0.25, -0.2) is 9.18 Å². The Labute approximate surface area is 108 Å². The van der Waals surface area contributed by atoms with Crippen molar-refractivity contribution < 1.29 is 14.3 Å². The second kappa shape index (κ2) is 4.98. The Morgan fingerprint density at radius 3 is 2.95 bits per heavy atom. The third-order valence-corrected chi connectivity index (χ3v) is 2.95. The van der Waals surface area contributed by atoms with E-state index in [1.165, 1.54) is 10.6 Å². The number of rotatable bonds is 3. The van der Waals surface area contributed by atoms with Crippen LogP contribution in [-0.4, -0.2) is 22.3 Å². The second-order valence-electron chi connectivity index (χ2n) is 4.15. The molecule has 0 aliphatic rings. The van der Waals surface area contributed by atoms with Crippen molar-refractivity contribution in [2.45, 2.75) is 13.5 Å². The summed E-state index contributed by atoms with van der Waals surface area (Å²) in [6.07, 6.45) is -1.15. The van der Waals surface area contributed by atoms with Crippen LogP contribution in [0.1, 0.15) is 11.3 Å². The fourth-order valence-electron chi connectivity index (χ4n) is 2.07. The molecule has 0 aliphatic carbocycles. The first-order valence-electron chi connectivity index (χ1n) is 5.70. The highest BCUT2D eigenvalue weighted by Gasteiger charge is 2.14. The van der Waals surface area contributed by atoms with Crippen LogP contribution in [0.4, 0.5) is 9.18 Å². The molecule has 1 aromatic heterocycles. The highest BCUT2D eigenvalue weighted by atomic mass is 19.1. The molecule has 0 bridgehead atoms. The Morgan fingerprint density at radius 2 is 2.32 bits per heavy atom. The van der Waals surface area contributed by atoms with Crippen LogP contribution in [0.2, 0.25) is 0 Å². The molecular weight excluding hydrogens is 249 g/mol. The fourth-order valence-corrected chi connectivity index (χ4v) is 2.07. The van der Waals surface area contributed by atoms with Gasteiger partial charge in [0.05, 0.1) is 5.52 Å². The van der Waals surface area contributed by atoms with Gasteiger partial charge in [0.15, 0.2) is 0 Å². The first-order chi connectivity index (χ1) is 9.04. The highest BCUT2D eigenvalue weighted by Crippen LogP contribution is 2.25. The Kier molecular flexibility index (Phi) is 3.38. The van der Waals surface area contributed by atoms with Crippen molar-refractivity contribution in [3.63, 3.8) is 0 Å².